The number of nitrogens with one attached hydrogen (secondary N) is 2. The molecule has 0 amide bonds. The minimum atomic E-state index is 0.636. The number of benzene rings is 1. The van der Waals surface area contributed by atoms with Gasteiger partial charge in [-0.05, 0) is 37.1 Å². The summed E-state index contributed by atoms with van der Waals surface area (Å²) in [4.78, 5) is 0. The molecule has 80 valence electrons. The second kappa shape index (κ2) is 3.53. The standard InChI is InChI=1S/C13H18N2/c1-9-8-14-7-6-11-10-4-2-3-5-12(10)15-13(9)11/h2-5,9,11,13-15H,6-8H2,1H3. The zero-order valence-electron chi connectivity index (χ0n) is 9.16. The summed E-state index contributed by atoms with van der Waals surface area (Å²) in [5.41, 5.74) is 2.89. The summed E-state index contributed by atoms with van der Waals surface area (Å²) in [6.45, 7) is 4.64. The van der Waals surface area contributed by atoms with Crippen LogP contribution in [0.25, 0.3) is 0 Å². The molecule has 1 saturated heterocycles. The van der Waals surface area contributed by atoms with E-state index in [1.807, 2.05) is 0 Å². The normalized spacial score (nSPS) is 33.8. The summed E-state index contributed by atoms with van der Waals surface area (Å²) in [5, 5.41) is 7.20. The highest BCUT2D eigenvalue weighted by Gasteiger charge is 2.36. The second-order valence-corrected chi connectivity index (χ2v) is 4.83. The number of hydrogen-bond acceptors (Lipinski definition) is 2. The summed E-state index contributed by atoms with van der Waals surface area (Å²) in [6, 6.07) is 9.42. The Labute approximate surface area is 91.1 Å². The summed E-state index contributed by atoms with van der Waals surface area (Å²) in [7, 11) is 0. The van der Waals surface area contributed by atoms with E-state index >= 15 is 0 Å². The average molecular weight is 202 g/mol. The molecule has 1 aromatic carbocycles. The molecule has 0 aromatic heterocycles. The van der Waals surface area contributed by atoms with Crippen LogP contribution in [0.1, 0.15) is 24.8 Å². The number of fused-ring (bicyclic) bond motifs is 3. The van der Waals surface area contributed by atoms with Gasteiger partial charge in [-0.15, -0.1) is 0 Å². The van der Waals surface area contributed by atoms with Crippen molar-refractivity contribution in [1.29, 1.82) is 0 Å². The van der Waals surface area contributed by atoms with Crippen molar-refractivity contribution in [1.82, 2.24) is 5.32 Å². The van der Waals surface area contributed by atoms with Crippen molar-refractivity contribution in [3.8, 4) is 0 Å². The molecule has 1 fully saturated rings. The molecule has 3 unspecified atom stereocenters. The van der Waals surface area contributed by atoms with Gasteiger partial charge in [-0.25, -0.2) is 0 Å². The summed E-state index contributed by atoms with van der Waals surface area (Å²) < 4.78 is 0. The van der Waals surface area contributed by atoms with Gasteiger partial charge in [0.25, 0.3) is 0 Å². The molecule has 2 aliphatic rings. The Kier molecular flexibility index (Phi) is 2.17. The molecule has 2 aliphatic heterocycles. The highest BCUT2D eigenvalue weighted by molar-refractivity contribution is 5.59. The van der Waals surface area contributed by atoms with E-state index in [-0.39, 0.29) is 0 Å². The third kappa shape index (κ3) is 1.44. The van der Waals surface area contributed by atoms with Gasteiger partial charge in [0.15, 0.2) is 0 Å². The van der Waals surface area contributed by atoms with Crippen molar-refractivity contribution in [3.63, 3.8) is 0 Å². The van der Waals surface area contributed by atoms with Gasteiger partial charge in [-0.3, -0.25) is 0 Å². The predicted molar refractivity (Wildman–Crippen MR) is 63.2 cm³/mol. The molecule has 0 saturated carbocycles. The lowest BCUT2D eigenvalue weighted by molar-refractivity contribution is 0.454. The topological polar surface area (TPSA) is 24.1 Å². The van der Waals surface area contributed by atoms with E-state index in [9.17, 15) is 0 Å². The maximum absolute atomic E-state index is 3.69. The second-order valence-electron chi connectivity index (χ2n) is 4.83. The summed E-state index contributed by atoms with van der Waals surface area (Å²) in [6.07, 6.45) is 1.26. The van der Waals surface area contributed by atoms with E-state index in [1.54, 1.807) is 0 Å². The molecule has 0 radical (unpaired) electrons. The van der Waals surface area contributed by atoms with Gasteiger partial charge >= 0.3 is 0 Å². The lowest BCUT2D eigenvalue weighted by atomic mass is 9.87. The van der Waals surface area contributed by atoms with Crippen LogP contribution in [0.3, 0.4) is 0 Å². The zero-order valence-corrected chi connectivity index (χ0v) is 9.16. The third-order valence-electron chi connectivity index (χ3n) is 3.83. The van der Waals surface area contributed by atoms with Crippen LogP contribution in [0.4, 0.5) is 5.69 Å². The first-order valence-electron chi connectivity index (χ1n) is 5.92. The van der Waals surface area contributed by atoms with Crippen molar-refractivity contribution in [2.45, 2.75) is 25.3 Å². The molecule has 2 nitrogen and oxygen atoms in total. The van der Waals surface area contributed by atoms with Crippen LogP contribution >= 0.6 is 0 Å². The van der Waals surface area contributed by atoms with Gasteiger partial charge in [0.1, 0.15) is 0 Å². The van der Waals surface area contributed by atoms with Crippen molar-refractivity contribution < 1.29 is 0 Å². The van der Waals surface area contributed by atoms with E-state index in [1.165, 1.54) is 17.7 Å². The fourth-order valence-electron chi connectivity index (χ4n) is 3.01. The molecular weight excluding hydrogens is 184 g/mol. The quantitative estimate of drug-likeness (QED) is 0.674. The maximum Gasteiger partial charge on any atom is 0.0378 e. The monoisotopic (exact) mass is 202 g/mol. The minimum absolute atomic E-state index is 0.636. The van der Waals surface area contributed by atoms with Crippen LogP contribution in [0.2, 0.25) is 0 Å². The smallest absolute Gasteiger partial charge is 0.0378 e. The SMILES string of the molecule is CC1CNCCC2c3ccccc3NC12. The van der Waals surface area contributed by atoms with Crippen LogP contribution in [-0.4, -0.2) is 19.1 Å². The highest BCUT2D eigenvalue weighted by Crippen LogP contribution is 2.41. The lowest BCUT2D eigenvalue weighted by Crippen LogP contribution is -2.31. The largest absolute Gasteiger partial charge is 0.381 e. The van der Waals surface area contributed by atoms with Gasteiger partial charge in [-0.1, -0.05) is 25.1 Å². The molecule has 3 atom stereocenters. The predicted octanol–water partition coefficient (Wildman–Crippen LogP) is 2.19. The number of anilines is 1. The summed E-state index contributed by atoms with van der Waals surface area (Å²) >= 11 is 0. The number of para-hydroxylation sites is 1. The molecule has 0 spiro atoms. The number of rotatable bonds is 0. The molecular formula is C13H18N2. The molecule has 2 N–H and O–H groups in total. The Morgan fingerprint density at radius 3 is 3.07 bits per heavy atom. The van der Waals surface area contributed by atoms with Crippen molar-refractivity contribution in [2.24, 2.45) is 5.92 Å². The van der Waals surface area contributed by atoms with Gasteiger partial charge < -0.3 is 10.6 Å². The van der Waals surface area contributed by atoms with Crippen LogP contribution in [0.15, 0.2) is 24.3 Å². The van der Waals surface area contributed by atoms with Crippen molar-refractivity contribution >= 4 is 5.69 Å². The molecule has 0 bridgehead atoms. The van der Waals surface area contributed by atoms with Crippen molar-refractivity contribution in [3.05, 3.63) is 29.8 Å². The van der Waals surface area contributed by atoms with Gasteiger partial charge in [-0.2, -0.15) is 0 Å². The van der Waals surface area contributed by atoms with Crippen LogP contribution in [-0.2, 0) is 0 Å². The Hall–Kier alpha value is -1.02. The van der Waals surface area contributed by atoms with Crippen LogP contribution < -0.4 is 10.6 Å². The molecule has 15 heavy (non-hydrogen) atoms. The fraction of sp³-hybridized carbons (Fsp3) is 0.538. The van der Waals surface area contributed by atoms with Gasteiger partial charge in [0.05, 0.1) is 0 Å². The Morgan fingerprint density at radius 2 is 2.13 bits per heavy atom. The Morgan fingerprint density at radius 1 is 1.27 bits per heavy atom. The van der Waals surface area contributed by atoms with Gasteiger partial charge in [0.2, 0.25) is 0 Å². The Bertz CT molecular complexity index is 361. The average Bonchev–Trinajstić information content (AvgIpc) is 2.54. The fourth-order valence-corrected chi connectivity index (χ4v) is 3.01. The molecule has 1 aromatic rings. The first kappa shape index (κ1) is 9.22. The lowest BCUT2D eigenvalue weighted by Gasteiger charge is -2.22. The van der Waals surface area contributed by atoms with Crippen LogP contribution in [0.5, 0.6) is 0 Å². The molecule has 2 heteroatoms. The highest BCUT2D eigenvalue weighted by atomic mass is 15.0. The van der Waals surface area contributed by atoms with Gasteiger partial charge in [0, 0.05) is 17.6 Å². The zero-order chi connectivity index (χ0) is 10.3. The van der Waals surface area contributed by atoms with E-state index in [0.29, 0.717) is 17.9 Å². The van der Waals surface area contributed by atoms with Crippen molar-refractivity contribution in [2.75, 3.05) is 18.4 Å². The van der Waals surface area contributed by atoms with E-state index < -0.39 is 0 Å². The first-order chi connectivity index (χ1) is 7.36. The molecule has 2 heterocycles. The van der Waals surface area contributed by atoms with Crippen LogP contribution in [0, 0.1) is 5.92 Å². The molecule has 3 rings (SSSR count). The number of hydrogen-bond donors (Lipinski definition) is 2. The summed E-state index contributed by atoms with van der Waals surface area (Å²) in [5.74, 6) is 1.43. The molecule has 0 aliphatic carbocycles. The minimum Gasteiger partial charge on any atom is -0.381 e. The maximum atomic E-state index is 3.69. The Balaban J connectivity index is 1.98. The van der Waals surface area contributed by atoms with E-state index in [4.69, 9.17) is 0 Å². The van der Waals surface area contributed by atoms with E-state index in [2.05, 4.69) is 41.8 Å². The third-order valence-corrected chi connectivity index (χ3v) is 3.83. The van der Waals surface area contributed by atoms with E-state index in [0.717, 1.165) is 13.1 Å². The first-order valence-corrected chi connectivity index (χ1v) is 5.92.